The van der Waals surface area contributed by atoms with Crippen molar-refractivity contribution in [3.63, 3.8) is 0 Å². The number of amides is 1. The van der Waals surface area contributed by atoms with Crippen LogP contribution in [0.3, 0.4) is 0 Å². The van der Waals surface area contributed by atoms with Crippen LogP contribution in [-0.2, 0) is 25.6 Å². The first-order valence-corrected chi connectivity index (χ1v) is 13.9. The predicted octanol–water partition coefficient (Wildman–Crippen LogP) is 1.41. The van der Waals surface area contributed by atoms with Crippen LogP contribution in [0.15, 0.2) is 30.3 Å². The maximum atomic E-state index is 14.1. The van der Waals surface area contributed by atoms with E-state index in [0.29, 0.717) is 16.8 Å². The summed E-state index contributed by atoms with van der Waals surface area (Å²) in [6.07, 6.45) is 3.70. The second kappa shape index (κ2) is 10.3. The van der Waals surface area contributed by atoms with E-state index in [1.807, 2.05) is 50.2 Å². The van der Waals surface area contributed by atoms with E-state index < -0.39 is 64.4 Å². The molecule has 0 heterocycles. The number of carbonyl (C=O) groups is 5. The van der Waals surface area contributed by atoms with Crippen LogP contribution in [0.2, 0.25) is 0 Å². The Labute approximate surface area is 243 Å². The van der Waals surface area contributed by atoms with Crippen molar-refractivity contribution in [3.8, 4) is 5.75 Å². The number of aryl methyl sites for hydroxylation is 1. The van der Waals surface area contributed by atoms with Crippen LogP contribution >= 0.6 is 0 Å². The molecule has 2 aromatic rings. The van der Waals surface area contributed by atoms with Gasteiger partial charge in [-0.05, 0) is 57.0 Å². The largest absolute Gasteiger partial charge is 0.507 e. The normalized spacial score (nSPS) is 29.0. The van der Waals surface area contributed by atoms with Gasteiger partial charge in [-0.2, -0.15) is 0 Å². The third-order valence-electron chi connectivity index (χ3n) is 9.08. The van der Waals surface area contributed by atoms with E-state index in [4.69, 9.17) is 5.73 Å². The van der Waals surface area contributed by atoms with E-state index in [1.54, 1.807) is 32.3 Å². The SMILES string of the molecule is Cc1ccc(C=Cc2cc(N(C)C)c3c(c2O)C(=O)C2C(=O)[C@]4(O)C(=O)C(C(N)=O)C(=O)[C@@H](N(C)C)[C@@H]4C[C@@H]2C3)cc1. The number of aliphatic hydroxyl groups is 1. The number of primary amides is 1. The number of hydrogen-bond donors (Lipinski definition) is 3. The van der Waals surface area contributed by atoms with Crippen molar-refractivity contribution in [2.75, 3.05) is 33.1 Å². The molecule has 4 N–H and O–H groups in total. The summed E-state index contributed by atoms with van der Waals surface area (Å²) in [7, 11) is 6.74. The highest BCUT2D eigenvalue weighted by molar-refractivity contribution is 6.32. The molecule has 0 spiro atoms. The van der Waals surface area contributed by atoms with E-state index in [2.05, 4.69) is 0 Å². The molecule has 3 aliphatic rings. The number of ketones is 4. The summed E-state index contributed by atoms with van der Waals surface area (Å²) in [6.45, 7) is 1.98. The van der Waals surface area contributed by atoms with Crippen molar-refractivity contribution in [3.05, 3.63) is 58.1 Å². The molecule has 6 atom stereocenters. The molecule has 1 amide bonds. The van der Waals surface area contributed by atoms with Crippen molar-refractivity contribution in [2.24, 2.45) is 29.4 Å². The number of likely N-dealkylation sites (N-methyl/N-ethyl adjacent to an activating group) is 1. The minimum Gasteiger partial charge on any atom is -0.507 e. The Morgan fingerprint density at radius 1 is 1.02 bits per heavy atom. The highest BCUT2D eigenvalue weighted by atomic mass is 16.3. The number of nitrogens with zero attached hydrogens (tertiary/aromatic N) is 2. The number of phenols is 1. The number of anilines is 1. The molecule has 220 valence electrons. The highest BCUT2D eigenvalue weighted by Gasteiger charge is 2.69. The number of phenolic OH excluding ortho intramolecular Hbond substituents is 1. The van der Waals surface area contributed by atoms with Gasteiger partial charge in [0.1, 0.15) is 5.75 Å². The van der Waals surface area contributed by atoms with Gasteiger partial charge < -0.3 is 20.8 Å². The van der Waals surface area contributed by atoms with Crippen LogP contribution in [0.4, 0.5) is 5.69 Å². The first-order valence-electron chi connectivity index (χ1n) is 13.9. The van der Waals surface area contributed by atoms with Gasteiger partial charge in [0.15, 0.2) is 34.7 Å². The Balaban J connectivity index is 1.63. The molecule has 10 heteroatoms. The fourth-order valence-electron chi connectivity index (χ4n) is 7.06. The van der Waals surface area contributed by atoms with E-state index in [0.717, 1.165) is 11.1 Å². The zero-order valence-electron chi connectivity index (χ0n) is 24.2. The fraction of sp³-hybridized carbons (Fsp3) is 0.406. The molecule has 5 rings (SSSR count). The molecule has 2 fully saturated rings. The van der Waals surface area contributed by atoms with Crippen molar-refractivity contribution < 1.29 is 34.2 Å². The standard InChI is InChI=1S/C32H35N3O7/c1-15-6-8-16(9-7-15)10-11-17-14-21(34(2)3)19-12-18-13-20-25(35(4)5)28(38)24(31(33)41)30(40)32(20,42)29(39)22(18)27(37)23(19)26(17)36/h6-11,14,18,20,22,24-25,36,42H,12-13H2,1-5H3,(H2,33,41)/t18-,20-,22?,24?,25-,32-/m0/s1. The molecule has 42 heavy (non-hydrogen) atoms. The number of aromatic hydroxyl groups is 1. The molecule has 0 saturated heterocycles. The molecule has 0 bridgehead atoms. The second-order valence-electron chi connectivity index (χ2n) is 12.1. The van der Waals surface area contributed by atoms with Crippen molar-refractivity contribution >= 4 is 46.9 Å². The van der Waals surface area contributed by atoms with Gasteiger partial charge in [-0.1, -0.05) is 42.0 Å². The van der Waals surface area contributed by atoms with Gasteiger partial charge in [0.2, 0.25) is 5.91 Å². The highest BCUT2D eigenvalue weighted by Crippen LogP contribution is 2.52. The number of carbonyl (C=O) groups excluding carboxylic acids is 5. The van der Waals surface area contributed by atoms with E-state index >= 15 is 0 Å². The number of rotatable bonds is 5. The van der Waals surface area contributed by atoms with E-state index in [9.17, 15) is 34.2 Å². The lowest BCUT2D eigenvalue weighted by Gasteiger charge is -2.52. The van der Waals surface area contributed by atoms with Crippen LogP contribution in [-0.4, -0.2) is 84.0 Å². The molecule has 2 unspecified atom stereocenters. The summed E-state index contributed by atoms with van der Waals surface area (Å²) in [5.41, 5.74) is 6.19. The Bertz CT molecular complexity index is 1560. The lowest BCUT2D eigenvalue weighted by atomic mass is 9.52. The Hall–Kier alpha value is -4.15. The quantitative estimate of drug-likeness (QED) is 0.355. The summed E-state index contributed by atoms with van der Waals surface area (Å²) in [5.74, 6) is -10.6. The summed E-state index contributed by atoms with van der Waals surface area (Å²) < 4.78 is 0. The second-order valence-corrected chi connectivity index (χ2v) is 12.1. The molecular weight excluding hydrogens is 538 g/mol. The van der Waals surface area contributed by atoms with Gasteiger partial charge in [-0.15, -0.1) is 0 Å². The van der Waals surface area contributed by atoms with Gasteiger partial charge >= 0.3 is 0 Å². The van der Waals surface area contributed by atoms with Crippen LogP contribution in [0.25, 0.3) is 12.2 Å². The minimum atomic E-state index is -2.75. The number of fused-ring (bicyclic) bond motifs is 3. The van der Waals surface area contributed by atoms with Crippen LogP contribution in [0.1, 0.15) is 39.0 Å². The third-order valence-corrected chi connectivity index (χ3v) is 9.08. The predicted molar refractivity (Wildman–Crippen MR) is 156 cm³/mol. The Morgan fingerprint density at radius 2 is 1.67 bits per heavy atom. The van der Waals surface area contributed by atoms with Gasteiger partial charge in [0.05, 0.1) is 17.5 Å². The van der Waals surface area contributed by atoms with Gasteiger partial charge in [-0.3, -0.25) is 28.9 Å². The molecular formula is C32H35N3O7. The maximum absolute atomic E-state index is 14.1. The van der Waals surface area contributed by atoms with Crippen molar-refractivity contribution in [1.82, 2.24) is 4.90 Å². The number of hydrogen-bond acceptors (Lipinski definition) is 9. The van der Waals surface area contributed by atoms with Crippen LogP contribution < -0.4 is 10.6 Å². The van der Waals surface area contributed by atoms with Gasteiger partial charge in [-0.25, -0.2) is 0 Å². The topological polar surface area (TPSA) is 158 Å². The average Bonchev–Trinajstić information content (AvgIpc) is 2.90. The molecule has 0 aliphatic heterocycles. The summed E-state index contributed by atoms with van der Waals surface area (Å²) in [5, 5.41) is 23.1. The number of nitrogens with two attached hydrogens (primary N) is 1. The summed E-state index contributed by atoms with van der Waals surface area (Å²) in [6, 6.07) is 8.40. The van der Waals surface area contributed by atoms with Crippen molar-refractivity contribution in [1.29, 1.82) is 0 Å². The molecule has 3 aliphatic carbocycles. The third kappa shape index (κ3) is 4.28. The van der Waals surface area contributed by atoms with E-state index in [-0.39, 0.29) is 24.2 Å². The molecule has 0 radical (unpaired) electrons. The monoisotopic (exact) mass is 573 g/mol. The molecule has 2 aromatic carbocycles. The van der Waals surface area contributed by atoms with Gasteiger partial charge in [0, 0.05) is 31.3 Å². The minimum absolute atomic E-state index is 0.00655. The zero-order chi connectivity index (χ0) is 30.8. The fourth-order valence-corrected chi connectivity index (χ4v) is 7.06. The molecule has 2 saturated carbocycles. The lowest BCUT2D eigenvalue weighted by molar-refractivity contribution is -0.181. The average molecular weight is 574 g/mol. The molecule has 0 aromatic heterocycles. The van der Waals surface area contributed by atoms with Crippen LogP contribution in [0.5, 0.6) is 5.75 Å². The first kappa shape index (κ1) is 29.3. The number of Topliss-reactive ketones (excluding diaryl/α,β-unsaturated/α-hetero) is 4. The smallest absolute Gasteiger partial charge is 0.235 e. The van der Waals surface area contributed by atoms with Gasteiger partial charge in [0.25, 0.3) is 0 Å². The maximum Gasteiger partial charge on any atom is 0.235 e. The summed E-state index contributed by atoms with van der Waals surface area (Å²) >= 11 is 0. The Morgan fingerprint density at radius 3 is 2.24 bits per heavy atom. The number of benzene rings is 2. The Kier molecular flexibility index (Phi) is 7.19. The van der Waals surface area contributed by atoms with Crippen LogP contribution in [0, 0.1) is 30.6 Å². The zero-order valence-corrected chi connectivity index (χ0v) is 24.2. The molecule has 10 nitrogen and oxygen atoms in total. The van der Waals surface area contributed by atoms with Crippen molar-refractivity contribution in [2.45, 2.75) is 31.4 Å². The van der Waals surface area contributed by atoms with E-state index in [1.165, 1.54) is 4.90 Å². The first-order chi connectivity index (χ1) is 19.7. The lowest BCUT2D eigenvalue weighted by Crippen LogP contribution is -2.74. The summed E-state index contributed by atoms with van der Waals surface area (Å²) in [4.78, 5) is 70.4.